The molecule has 0 saturated heterocycles. The van der Waals surface area contributed by atoms with Gasteiger partial charge in [-0.2, -0.15) is 0 Å². The number of hydrogen-bond donors (Lipinski definition) is 2. The van der Waals surface area contributed by atoms with Crippen LogP contribution in [0.2, 0.25) is 0 Å². The topological polar surface area (TPSA) is 97.6 Å². The second-order valence-electron chi connectivity index (χ2n) is 4.31. The third kappa shape index (κ3) is 4.09. The van der Waals surface area contributed by atoms with Crippen LogP contribution in [0.5, 0.6) is 5.75 Å². The standard InChI is InChI=1S/C14H16N2O5S/c1-20-11-4-6-12(7-5-11)22(18,19)16-9-8-15-14(17)13-3-2-10-21-13/h2-7,10,16H,8-9H2,1H3,(H,15,17). The van der Waals surface area contributed by atoms with Crippen molar-refractivity contribution in [2.45, 2.75) is 4.90 Å². The smallest absolute Gasteiger partial charge is 0.287 e. The predicted octanol–water partition coefficient (Wildman–Crippen LogP) is 0.996. The lowest BCUT2D eigenvalue weighted by molar-refractivity contribution is 0.0926. The fourth-order valence-electron chi connectivity index (χ4n) is 1.69. The van der Waals surface area contributed by atoms with E-state index in [4.69, 9.17) is 9.15 Å². The average molecular weight is 324 g/mol. The zero-order chi connectivity index (χ0) is 16.0. The van der Waals surface area contributed by atoms with Crippen molar-refractivity contribution in [2.75, 3.05) is 20.2 Å². The summed E-state index contributed by atoms with van der Waals surface area (Å²) < 4.78 is 36.3. The van der Waals surface area contributed by atoms with Crippen molar-refractivity contribution in [1.29, 1.82) is 0 Å². The normalized spacial score (nSPS) is 11.1. The molecule has 1 heterocycles. The first-order valence-electron chi connectivity index (χ1n) is 6.48. The monoisotopic (exact) mass is 324 g/mol. The molecule has 7 nitrogen and oxygen atoms in total. The maximum absolute atomic E-state index is 12.0. The fourth-order valence-corrected chi connectivity index (χ4v) is 2.73. The van der Waals surface area contributed by atoms with Crippen molar-refractivity contribution in [3.63, 3.8) is 0 Å². The molecule has 22 heavy (non-hydrogen) atoms. The van der Waals surface area contributed by atoms with Crippen LogP contribution in [0, 0.1) is 0 Å². The Kier molecular flexibility index (Phi) is 5.18. The van der Waals surface area contributed by atoms with Crippen molar-refractivity contribution < 1.29 is 22.4 Å². The number of benzene rings is 1. The zero-order valence-corrected chi connectivity index (χ0v) is 12.7. The predicted molar refractivity (Wildman–Crippen MR) is 79.2 cm³/mol. The van der Waals surface area contributed by atoms with Crippen LogP contribution in [0.15, 0.2) is 52.0 Å². The quantitative estimate of drug-likeness (QED) is 0.740. The lowest BCUT2D eigenvalue weighted by Crippen LogP contribution is -2.34. The molecule has 1 aromatic heterocycles. The van der Waals surface area contributed by atoms with Gasteiger partial charge in [-0.05, 0) is 36.4 Å². The Morgan fingerprint density at radius 2 is 1.91 bits per heavy atom. The summed E-state index contributed by atoms with van der Waals surface area (Å²) in [6.45, 7) is 0.218. The number of furan rings is 1. The molecule has 2 aromatic rings. The van der Waals surface area contributed by atoms with Gasteiger partial charge in [0, 0.05) is 13.1 Å². The number of carbonyl (C=O) groups is 1. The Morgan fingerprint density at radius 1 is 1.18 bits per heavy atom. The Morgan fingerprint density at radius 3 is 2.50 bits per heavy atom. The molecule has 0 aliphatic rings. The highest BCUT2D eigenvalue weighted by molar-refractivity contribution is 7.89. The maximum Gasteiger partial charge on any atom is 0.287 e. The van der Waals surface area contributed by atoms with Gasteiger partial charge < -0.3 is 14.5 Å². The van der Waals surface area contributed by atoms with E-state index >= 15 is 0 Å². The number of carbonyl (C=O) groups excluding carboxylic acids is 1. The van der Waals surface area contributed by atoms with Gasteiger partial charge in [0.05, 0.1) is 18.3 Å². The van der Waals surface area contributed by atoms with Crippen molar-refractivity contribution in [1.82, 2.24) is 10.0 Å². The summed E-state index contributed by atoms with van der Waals surface area (Å²) in [7, 11) is -2.11. The van der Waals surface area contributed by atoms with E-state index in [1.54, 1.807) is 18.2 Å². The van der Waals surface area contributed by atoms with Crippen LogP contribution >= 0.6 is 0 Å². The molecule has 0 radical (unpaired) electrons. The number of methoxy groups -OCH3 is 1. The van der Waals surface area contributed by atoms with Crippen LogP contribution in [0.1, 0.15) is 10.6 Å². The largest absolute Gasteiger partial charge is 0.497 e. The number of ether oxygens (including phenoxy) is 1. The van der Waals surface area contributed by atoms with Gasteiger partial charge in [-0.15, -0.1) is 0 Å². The van der Waals surface area contributed by atoms with Gasteiger partial charge in [0.25, 0.3) is 5.91 Å². The van der Waals surface area contributed by atoms with Crippen LogP contribution in [0.4, 0.5) is 0 Å². The Labute approximate surface area is 128 Å². The number of sulfonamides is 1. The molecule has 1 aromatic carbocycles. The van der Waals surface area contributed by atoms with E-state index in [9.17, 15) is 13.2 Å². The highest BCUT2D eigenvalue weighted by Gasteiger charge is 2.14. The molecule has 1 amide bonds. The summed E-state index contributed by atoms with van der Waals surface area (Å²) >= 11 is 0. The molecule has 118 valence electrons. The van der Waals surface area contributed by atoms with Crippen molar-refractivity contribution in [3.05, 3.63) is 48.4 Å². The summed E-state index contributed by atoms with van der Waals surface area (Å²) in [5.41, 5.74) is 0. The summed E-state index contributed by atoms with van der Waals surface area (Å²) in [6.07, 6.45) is 1.39. The Balaban J connectivity index is 1.83. The molecule has 0 bridgehead atoms. The molecule has 0 atom stereocenters. The van der Waals surface area contributed by atoms with Crippen molar-refractivity contribution in [2.24, 2.45) is 0 Å². The van der Waals surface area contributed by atoms with Gasteiger partial charge in [0.1, 0.15) is 5.75 Å². The van der Waals surface area contributed by atoms with Gasteiger partial charge in [-0.1, -0.05) is 0 Å². The van der Waals surface area contributed by atoms with Gasteiger partial charge in [-0.3, -0.25) is 4.79 Å². The van der Waals surface area contributed by atoms with E-state index in [0.717, 1.165) is 0 Å². The second-order valence-corrected chi connectivity index (χ2v) is 6.07. The maximum atomic E-state index is 12.0. The number of amides is 1. The molecular weight excluding hydrogens is 308 g/mol. The lowest BCUT2D eigenvalue weighted by atomic mass is 10.3. The summed E-state index contributed by atoms with van der Waals surface area (Å²) in [6, 6.07) is 9.14. The summed E-state index contributed by atoms with van der Waals surface area (Å²) in [5.74, 6) is 0.358. The first kappa shape index (κ1) is 16.1. The first-order valence-corrected chi connectivity index (χ1v) is 7.96. The van der Waals surface area contributed by atoms with E-state index in [1.807, 2.05) is 0 Å². The molecule has 0 saturated carbocycles. The molecular formula is C14H16N2O5S. The molecule has 8 heteroatoms. The van der Waals surface area contributed by atoms with Crippen LogP contribution < -0.4 is 14.8 Å². The number of rotatable bonds is 7. The SMILES string of the molecule is COc1ccc(S(=O)(=O)NCCNC(=O)c2ccco2)cc1. The van der Waals surface area contributed by atoms with E-state index in [2.05, 4.69) is 10.0 Å². The van der Waals surface area contributed by atoms with Crippen molar-refractivity contribution in [3.8, 4) is 5.75 Å². The minimum atomic E-state index is -3.62. The second kappa shape index (κ2) is 7.10. The van der Waals surface area contributed by atoms with Gasteiger partial charge in [-0.25, -0.2) is 13.1 Å². The number of nitrogens with one attached hydrogen (secondary N) is 2. The van der Waals surface area contributed by atoms with E-state index in [-0.39, 0.29) is 23.7 Å². The van der Waals surface area contributed by atoms with Crippen LogP contribution in [0.3, 0.4) is 0 Å². The fraction of sp³-hybridized carbons (Fsp3) is 0.214. The molecule has 0 aliphatic carbocycles. The highest BCUT2D eigenvalue weighted by Crippen LogP contribution is 2.14. The minimum absolute atomic E-state index is 0.0702. The van der Waals surface area contributed by atoms with E-state index in [1.165, 1.54) is 31.6 Å². The summed E-state index contributed by atoms with van der Waals surface area (Å²) in [4.78, 5) is 11.7. The number of hydrogen-bond acceptors (Lipinski definition) is 5. The summed E-state index contributed by atoms with van der Waals surface area (Å²) in [5, 5.41) is 2.55. The van der Waals surface area contributed by atoms with E-state index in [0.29, 0.717) is 5.75 Å². The van der Waals surface area contributed by atoms with Crippen LogP contribution in [-0.4, -0.2) is 34.5 Å². The van der Waals surface area contributed by atoms with E-state index < -0.39 is 15.9 Å². The molecule has 0 spiro atoms. The third-order valence-electron chi connectivity index (χ3n) is 2.82. The molecule has 2 N–H and O–H groups in total. The van der Waals surface area contributed by atoms with Gasteiger partial charge in [0.2, 0.25) is 10.0 Å². The minimum Gasteiger partial charge on any atom is -0.497 e. The average Bonchev–Trinajstić information content (AvgIpc) is 3.06. The zero-order valence-electron chi connectivity index (χ0n) is 11.9. The van der Waals surface area contributed by atoms with Crippen LogP contribution in [0.25, 0.3) is 0 Å². The Bertz CT molecular complexity index is 708. The highest BCUT2D eigenvalue weighted by atomic mass is 32.2. The van der Waals surface area contributed by atoms with Crippen molar-refractivity contribution >= 4 is 15.9 Å². The molecule has 0 aliphatic heterocycles. The Hall–Kier alpha value is -2.32. The van der Waals surface area contributed by atoms with Crippen LogP contribution in [-0.2, 0) is 10.0 Å². The molecule has 0 fully saturated rings. The molecule has 2 rings (SSSR count). The first-order chi connectivity index (χ1) is 10.5. The molecule has 0 unspecified atom stereocenters. The van der Waals surface area contributed by atoms with Gasteiger partial charge in [0.15, 0.2) is 5.76 Å². The van der Waals surface area contributed by atoms with Gasteiger partial charge >= 0.3 is 0 Å². The lowest BCUT2D eigenvalue weighted by Gasteiger charge is -2.08. The third-order valence-corrected chi connectivity index (χ3v) is 4.29.